The molecule has 6 heteroatoms. The molecule has 1 N–H and O–H groups in total. The van der Waals surface area contributed by atoms with Gasteiger partial charge in [0.25, 0.3) is 5.91 Å². The molecule has 0 aliphatic carbocycles. The number of aryl methyl sites for hydroxylation is 1. The summed E-state index contributed by atoms with van der Waals surface area (Å²) in [5.74, 6) is -0.862. The summed E-state index contributed by atoms with van der Waals surface area (Å²) in [6, 6.07) is 18.6. The molecule has 0 aliphatic heterocycles. The third kappa shape index (κ3) is 3.64. The highest BCUT2D eigenvalue weighted by molar-refractivity contribution is 6.14. The van der Waals surface area contributed by atoms with E-state index < -0.39 is 17.9 Å². The molecular weight excluding hydrogens is 378 g/mol. The number of rotatable bonds is 6. The summed E-state index contributed by atoms with van der Waals surface area (Å²) >= 11 is 0. The molecule has 30 heavy (non-hydrogen) atoms. The lowest BCUT2D eigenvalue weighted by molar-refractivity contribution is -0.145. The maximum absolute atomic E-state index is 13.2. The molecule has 0 spiro atoms. The van der Waals surface area contributed by atoms with E-state index in [0.29, 0.717) is 6.42 Å². The van der Waals surface area contributed by atoms with Gasteiger partial charge in [-0.3, -0.25) is 4.79 Å². The van der Waals surface area contributed by atoms with Crippen LogP contribution in [0.25, 0.3) is 21.8 Å². The van der Waals surface area contributed by atoms with Crippen LogP contribution in [0.15, 0.2) is 66.9 Å². The van der Waals surface area contributed by atoms with E-state index in [9.17, 15) is 9.59 Å². The maximum atomic E-state index is 13.2. The Morgan fingerprint density at radius 1 is 1.03 bits per heavy atom. The first-order valence-electron chi connectivity index (χ1n) is 9.93. The number of benzene rings is 2. The van der Waals surface area contributed by atoms with Crippen molar-refractivity contribution in [1.82, 2.24) is 14.9 Å². The van der Waals surface area contributed by atoms with Gasteiger partial charge in [-0.25, -0.2) is 9.78 Å². The Hall–Kier alpha value is -3.67. The normalized spacial score (nSPS) is 12.1. The van der Waals surface area contributed by atoms with Gasteiger partial charge in [-0.1, -0.05) is 48.5 Å². The number of hydrogen-bond donors (Lipinski definition) is 1. The van der Waals surface area contributed by atoms with Gasteiger partial charge in [-0.15, -0.1) is 0 Å². The predicted molar refractivity (Wildman–Crippen MR) is 116 cm³/mol. The summed E-state index contributed by atoms with van der Waals surface area (Å²) in [6.07, 6.45) is 1.97. The fourth-order valence-corrected chi connectivity index (χ4v) is 3.80. The summed E-state index contributed by atoms with van der Waals surface area (Å²) in [4.78, 5) is 30.1. The van der Waals surface area contributed by atoms with Crippen molar-refractivity contribution in [2.75, 3.05) is 6.61 Å². The van der Waals surface area contributed by atoms with E-state index in [1.54, 1.807) is 13.1 Å². The Labute approximate surface area is 174 Å². The van der Waals surface area contributed by atoms with E-state index >= 15 is 0 Å². The van der Waals surface area contributed by atoms with E-state index in [1.807, 2.05) is 72.3 Å². The van der Waals surface area contributed by atoms with Crippen molar-refractivity contribution >= 4 is 33.7 Å². The monoisotopic (exact) mass is 401 g/mol. The highest BCUT2D eigenvalue weighted by Crippen LogP contribution is 2.29. The SMILES string of the molecule is CCOC(=O)[C@H](Cc1ccccc1)NC(=O)c1nccc2c3ccccc3n(C)c12. The number of nitrogens with zero attached hydrogens (tertiary/aromatic N) is 2. The van der Waals surface area contributed by atoms with Gasteiger partial charge in [0, 0.05) is 36.0 Å². The summed E-state index contributed by atoms with van der Waals surface area (Å²) in [6.45, 7) is 1.99. The Morgan fingerprint density at radius 2 is 1.77 bits per heavy atom. The zero-order valence-electron chi connectivity index (χ0n) is 17.0. The minimum Gasteiger partial charge on any atom is -0.464 e. The van der Waals surface area contributed by atoms with E-state index in [1.165, 1.54) is 0 Å². The van der Waals surface area contributed by atoms with Gasteiger partial charge >= 0.3 is 5.97 Å². The summed E-state index contributed by atoms with van der Waals surface area (Å²) in [7, 11) is 1.91. The number of aromatic nitrogens is 2. The summed E-state index contributed by atoms with van der Waals surface area (Å²) in [5.41, 5.74) is 2.97. The van der Waals surface area contributed by atoms with E-state index in [4.69, 9.17) is 4.74 Å². The van der Waals surface area contributed by atoms with Crippen LogP contribution in [0.1, 0.15) is 23.0 Å². The minimum absolute atomic E-state index is 0.247. The molecule has 4 aromatic rings. The second-order valence-electron chi connectivity index (χ2n) is 7.10. The molecule has 1 amide bonds. The van der Waals surface area contributed by atoms with Crippen molar-refractivity contribution in [3.8, 4) is 0 Å². The van der Waals surface area contributed by atoms with E-state index in [2.05, 4.69) is 10.3 Å². The van der Waals surface area contributed by atoms with Crippen molar-refractivity contribution in [3.63, 3.8) is 0 Å². The smallest absolute Gasteiger partial charge is 0.328 e. The number of carbonyl (C=O) groups excluding carboxylic acids is 2. The van der Waals surface area contributed by atoms with Crippen LogP contribution in [0.5, 0.6) is 0 Å². The van der Waals surface area contributed by atoms with Crippen LogP contribution in [0.4, 0.5) is 0 Å². The fraction of sp³-hybridized carbons (Fsp3) is 0.208. The Kier molecular flexibility index (Phi) is 5.48. The van der Waals surface area contributed by atoms with E-state index in [0.717, 1.165) is 27.4 Å². The number of ether oxygens (including phenoxy) is 1. The number of nitrogens with one attached hydrogen (secondary N) is 1. The average Bonchev–Trinajstić information content (AvgIpc) is 3.07. The molecule has 1 atom stereocenters. The van der Waals surface area contributed by atoms with Crippen LogP contribution < -0.4 is 5.32 Å². The first-order valence-corrected chi connectivity index (χ1v) is 9.93. The molecular formula is C24H23N3O3. The third-order valence-corrected chi connectivity index (χ3v) is 5.19. The number of para-hydroxylation sites is 1. The van der Waals surface area contributed by atoms with Gasteiger partial charge in [-0.2, -0.15) is 0 Å². The molecule has 2 aromatic carbocycles. The third-order valence-electron chi connectivity index (χ3n) is 5.19. The highest BCUT2D eigenvalue weighted by atomic mass is 16.5. The van der Waals surface area contributed by atoms with Crippen molar-refractivity contribution in [2.24, 2.45) is 7.05 Å². The zero-order valence-corrected chi connectivity index (χ0v) is 17.0. The van der Waals surface area contributed by atoms with Gasteiger partial charge in [0.1, 0.15) is 6.04 Å². The van der Waals surface area contributed by atoms with Crippen molar-refractivity contribution in [3.05, 3.63) is 78.1 Å². The van der Waals surface area contributed by atoms with Crippen molar-refractivity contribution < 1.29 is 14.3 Å². The lowest BCUT2D eigenvalue weighted by Gasteiger charge is -2.17. The van der Waals surface area contributed by atoms with Gasteiger partial charge in [0.05, 0.1) is 12.1 Å². The van der Waals surface area contributed by atoms with Crippen LogP contribution in [-0.4, -0.2) is 34.1 Å². The van der Waals surface area contributed by atoms with Crippen LogP contribution in [-0.2, 0) is 23.0 Å². The van der Waals surface area contributed by atoms with Crippen LogP contribution >= 0.6 is 0 Å². The summed E-state index contributed by atoms with van der Waals surface area (Å²) < 4.78 is 7.15. The van der Waals surface area contributed by atoms with Crippen molar-refractivity contribution in [2.45, 2.75) is 19.4 Å². The summed E-state index contributed by atoms with van der Waals surface area (Å²) in [5, 5.41) is 4.84. The minimum atomic E-state index is -0.799. The van der Waals surface area contributed by atoms with Gasteiger partial charge in [0.2, 0.25) is 0 Å². The van der Waals surface area contributed by atoms with E-state index in [-0.39, 0.29) is 12.3 Å². The average molecular weight is 401 g/mol. The van der Waals surface area contributed by atoms with Gasteiger partial charge < -0.3 is 14.6 Å². The number of fused-ring (bicyclic) bond motifs is 3. The Morgan fingerprint density at radius 3 is 2.53 bits per heavy atom. The van der Waals surface area contributed by atoms with Gasteiger partial charge in [-0.05, 0) is 24.6 Å². The zero-order chi connectivity index (χ0) is 21.1. The lowest BCUT2D eigenvalue weighted by Crippen LogP contribution is -2.43. The Balaban J connectivity index is 1.70. The molecule has 4 rings (SSSR count). The quantitative estimate of drug-likeness (QED) is 0.501. The first kappa shape index (κ1) is 19.6. The molecule has 0 bridgehead atoms. The number of hydrogen-bond acceptors (Lipinski definition) is 4. The van der Waals surface area contributed by atoms with Gasteiger partial charge in [0.15, 0.2) is 5.69 Å². The van der Waals surface area contributed by atoms with Crippen molar-refractivity contribution in [1.29, 1.82) is 0 Å². The molecule has 2 heterocycles. The Bertz CT molecular complexity index is 1210. The van der Waals surface area contributed by atoms with Crippen LogP contribution in [0.3, 0.4) is 0 Å². The molecule has 0 fully saturated rings. The number of carbonyl (C=O) groups is 2. The highest BCUT2D eigenvalue weighted by Gasteiger charge is 2.25. The maximum Gasteiger partial charge on any atom is 0.328 e. The second kappa shape index (κ2) is 8.37. The molecule has 6 nitrogen and oxygen atoms in total. The molecule has 0 radical (unpaired) electrons. The molecule has 152 valence electrons. The topological polar surface area (TPSA) is 73.2 Å². The van der Waals surface area contributed by atoms with Crippen LogP contribution in [0.2, 0.25) is 0 Å². The molecule has 0 saturated heterocycles. The molecule has 0 unspecified atom stereocenters. The number of esters is 1. The number of amides is 1. The predicted octanol–water partition coefficient (Wildman–Crippen LogP) is 3.63. The molecule has 0 aliphatic rings. The van der Waals surface area contributed by atoms with Crippen LogP contribution in [0, 0.1) is 0 Å². The second-order valence-corrected chi connectivity index (χ2v) is 7.10. The standard InChI is InChI=1S/C24H23N3O3/c1-3-30-24(29)19(15-16-9-5-4-6-10-16)26-23(28)21-22-18(13-14-25-21)17-11-7-8-12-20(17)27(22)2/h4-14,19H,3,15H2,1-2H3,(H,26,28)/t19-/m0/s1. The first-order chi connectivity index (χ1) is 14.6. The molecule has 0 saturated carbocycles. The lowest BCUT2D eigenvalue weighted by atomic mass is 10.1. The molecule has 2 aromatic heterocycles. The number of pyridine rings is 1. The largest absolute Gasteiger partial charge is 0.464 e. The fourth-order valence-electron chi connectivity index (χ4n) is 3.80.